The fourth-order valence-corrected chi connectivity index (χ4v) is 2.64. The smallest absolute Gasteiger partial charge is 0.306 e. The molecule has 2 N–H and O–H groups in total. The topological polar surface area (TPSA) is 49.3 Å². The molecule has 0 bridgehead atoms. The van der Waals surface area contributed by atoms with Gasteiger partial charge in [0.1, 0.15) is 0 Å². The standard InChI is InChI=1S/C15H29NO2/c1-11(9-10-15(2,3)4)16-13-7-5-12(6-8-13)14(17)18/h11-13,16H,5-10H2,1-4H3,(H,17,18). The van der Waals surface area contributed by atoms with Gasteiger partial charge in [-0.1, -0.05) is 20.8 Å². The molecule has 1 rings (SSSR count). The minimum atomic E-state index is -0.616. The molecule has 1 atom stereocenters. The van der Waals surface area contributed by atoms with Crippen LogP contribution in [0.15, 0.2) is 0 Å². The zero-order chi connectivity index (χ0) is 13.8. The lowest BCUT2D eigenvalue weighted by Gasteiger charge is -2.30. The Morgan fingerprint density at radius 3 is 2.28 bits per heavy atom. The largest absolute Gasteiger partial charge is 0.481 e. The maximum atomic E-state index is 10.9. The number of carboxylic acids is 1. The van der Waals surface area contributed by atoms with Gasteiger partial charge >= 0.3 is 5.97 Å². The number of rotatable bonds is 5. The van der Waals surface area contributed by atoms with Crippen LogP contribution >= 0.6 is 0 Å². The highest BCUT2D eigenvalue weighted by Gasteiger charge is 2.26. The predicted molar refractivity (Wildman–Crippen MR) is 74.7 cm³/mol. The lowest BCUT2D eigenvalue weighted by Crippen LogP contribution is -2.40. The van der Waals surface area contributed by atoms with Gasteiger partial charge < -0.3 is 10.4 Å². The molecule has 3 nitrogen and oxygen atoms in total. The van der Waals surface area contributed by atoms with E-state index in [1.165, 1.54) is 12.8 Å². The summed E-state index contributed by atoms with van der Waals surface area (Å²) < 4.78 is 0. The van der Waals surface area contributed by atoms with E-state index in [-0.39, 0.29) is 5.92 Å². The summed E-state index contributed by atoms with van der Waals surface area (Å²) in [5, 5.41) is 12.6. The van der Waals surface area contributed by atoms with Crippen LogP contribution < -0.4 is 5.32 Å². The number of carbonyl (C=O) groups is 1. The lowest BCUT2D eigenvalue weighted by atomic mass is 9.85. The molecule has 0 amide bonds. The van der Waals surface area contributed by atoms with Crippen LogP contribution in [0.1, 0.15) is 66.2 Å². The minimum absolute atomic E-state index is 0.104. The van der Waals surface area contributed by atoms with Gasteiger partial charge in [-0.15, -0.1) is 0 Å². The first-order valence-corrected chi connectivity index (χ1v) is 7.27. The van der Waals surface area contributed by atoms with Gasteiger partial charge in [0.25, 0.3) is 0 Å². The Morgan fingerprint density at radius 1 is 1.28 bits per heavy atom. The van der Waals surface area contributed by atoms with Crippen molar-refractivity contribution in [3.05, 3.63) is 0 Å². The fraction of sp³-hybridized carbons (Fsp3) is 0.933. The van der Waals surface area contributed by atoms with Gasteiger partial charge in [-0.3, -0.25) is 4.79 Å². The van der Waals surface area contributed by atoms with E-state index in [0.29, 0.717) is 17.5 Å². The van der Waals surface area contributed by atoms with Crippen molar-refractivity contribution in [1.29, 1.82) is 0 Å². The fourth-order valence-electron chi connectivity index (χ4n) is 2.64. The van der Waals surface area contributed by atoms with Crippen molar-refractivity contribution < 1.29 is 9.90 Å². The third-order valence-corrected chi connectivity index (χ3v) is 3.92. The van der Waals surface area contributed by atoms with Crippen LogP contribution in [0.25, 0.3) is 0 Å². The first kappa shape index (κ1) is 15.5. The van der Waals surface area contributed by atoms with Crippen molar-refractivity contribution in [2.45, 2.75) is 78.3 Å². The van der Waals surface area contributed by atoms with Crippen LogP contribution in [0.2, 0.25) is 0 Å². The van der Waals surface area contributed by atoms with Crippen molar-refractivity contribution in [3.8, 4) is 0 Å². The number of nitrogens with one attached hydrogen (secondary N) is 1. The summed E-state index contributed by atoms with van der Waals surface area (Å²) in [6.07, 6.45) is 6.11. The van der Waals surface area contributed by atoms with Crippen molar-refractivity contribution in [2.24, 2.45) is 11.3 Å². The zero-order valence-corrected chi connectivity index (χ0v) is 12.3. The third kappa shape index (κ3) is 5.85. The van der Waals surface area contributed by atoms with Crippen LogP contribution in [0.5, 0.6) is 0 Å². The Kier molecular flexibility index (Phi) is 5.64. The molecule has 0 aromatic rings. The molecule has 18 heavy (non-hydrogen) atoms. The molecule has 0 spiro atoms. The Hall–Kier alpha value is -0.570. The van der Waals surface area contributed by atoms with Gasteiger partial charge in [0, 0.05) is 12.1 Å². The van der Waals surface area contributed by atoms with E-state index in [1.54, 1.807) is 0 Å². The summed E-state index contributed by atoms with van der Waals surface area (Å²) in [6, 6.07) is 1.06. The van der Waals surface area contributed by atoms with E-state index >= 15 is 0 Å². The van der Waals surface area contributed by atoms with Gasteiger partial charge in [0.15, 0.2) is 0 Å². The van der Waals surface area contributed by atoms with Crippen molar-refractivity contribution in [2.75, 3.05) is 0 Å². The molecule has 1 fully saturated rings. The Bertz CT molecular complexity index is 262. The maximum absolute atomic E-state index is 10.9. The van der Waals surface area contributed by atoms with Crippen LogP contribution in [0.3, 0.4) is 0 Å². The summed E-state index contributed by atoms with van der Waals surface area (Å²) in [5.74, 6) is -0.720. The van der Waals surface area contributed by atoms with Gasteiger partial charge in [-0.05, 0) is 50.9 Å². The molecule has 1 saturated carbocycles. The Balaban J connectivity index is 2.22. The molecule has 1 unspecified atom stereocenters. The quantitative estimate of drug-likeness (QED) is 0.791. The van der Waals surface area contributed by atoms with E-state index in [2.05, 4.69) is 33.0 Å². The van der Waals surface area contributed by atoms with Gasteiger partial charge in [0.2, 0.25) is 0 Å². The van der Waals surface area contributed by atoms with Crippen molar-refractivity contribution in [1.82, 2.24) is 5.32 Å². The molecule has 0 saturated heterocycles. The normalized spacial score (nSPS) is 26.9. The van der Waals surface area contributed by atoms with Crippen LogP contribution in [-0.2, 0) is 4.79 Å². The van der Waals surface area contributed by atoms with E-state index in [9.17, 15) is 4.79 Å². The van der Waals surface area contributed by atoms with Crippen LogP contribution in [0, 0.1) is 11.3 Å². The molecule has 106 valence electrons. The molecular weight excluding hydrogens is 226 g/mol. The highest BCUT2D eigenvalue weighted by molar-refractivity contribution is 5.70. The second-order valence-electron chi connectivity index (χ2n) is 7.05. The average Bonchev–Trinajstić information content (AvgIpc) is 2.26. The molecule has 0 aromatic carbocycles. The van der Waals surface area contributed by atoms with Gasteiger partial charge in [-0.25, -0.2) is 0 Å². The number of hydrogen-bond acceptors (Lipinski definition) is 2. The van der Waals surface area contributed by atoms with Crippen LogP contribution in [0.4, 0.5) is 0 Å². The molecule has 1 aliphatic carbocycles. The average molecular weight is 255 g/mol. The Labute approximate surface area is 111 Å². The third-order valence-electron chi connectivity index (χ3n) is 3.92. The van der Waals surface area contributed by atoms with Gasteiger partial charge in [-0.2, -0.15) is 0 Å². The highest BCUT2D eigenvalue weighted by Crippen LogP contribution is 2.26. The number of carboxylic acid groups (broad SMARTS) is 1. The first-order chi connectivity index (χ1) is 8.28. The summed E-state index contributed by atoms with van der Waals surface area (Å²) in [7, 11) is 0. The van der Waals surface area contributed by atoms with Crippen LogP contribution in [-0.4, -0.2) is 23.2 Å². The van der Waals surface area contributed by atoms with Gasteiger partial charge in [0.05, 0.1) is 5.92 Å². The summed E-state index contributed by atoms with van der Waals surface area (Å²) in [4.78, 5) is 10.9. The zero-order valence-electron chi connectivity index (χ0n) is 12.3. The molecule has 1 aliphatic rings. The van der Waals surface area contributed by atoms with E-state index in [0.717, 1.165) is 25.7 Å². The number of aliphatic carboxylic acids is 1. The van der Waals surface area contributed by atoms with E-state index in [1.807, 2.05) is 0 Å². The monoisotopic (exact) mass is 255 g/mol. The maximum Gasteiger partial charge on any atom is 0.306 e. The number of hydrogen-bond donors (Lipinski definition) is 2. The second kappa shape index (κ2) is 6.55. The van der Waals surface area contributed by atoms with Crippen molar-refractivity contribution in [3.63, 3.8) is 0 Å². The molecular formula is C15H29NO2. The Morgan fingerprint density at radius 2 is 1.83 bits per heavy atom. The molecule has 3 heteroatoms. The van der Waals surface area contributed by atoms with Crippen molar-refractivity contribution >= 4 is 5.97 Å². The summed E-state index contributed by atoms with van der Waals surface area (Å²) >= 11 is 0. The lowest BCUT2D eigenvalue weighted by molar-refractivity contribution is -0.142. The molecule has 0 heterocycles. The predicted octanol–water partition coefficient (Wildman–Crippen LogP) is 3.43. The summed E-state index contributed by atoms with van der Waals surface area (Å²) in [5.41, 5.74) is 0.400. The SMILES string of the molecule is CC(CCC(C)(C)C)NC1CCC(C(=O)O)CC1. The molecule has 0 aromatic heterocycles. The van der Waals surface area contributed by atoms with E-state index < -0.39 is 5.97 Å². The first-order valence-electron chi connectivity index (χ1n) is 7.27. The molecule has 0 radical (unpaired) electrons. The van der Waals surface area contributed by atoms with E-state index in [4.69, 9.17) is 5.11 Å². The molecule has 0 aliphatic heterocycles. The second-order valence-corrected chi connectivity index (χ2v) is 7.05. The minimum Gasteiger partial charge on any atom is -0.481 e. The highest BCUT2D eigenvalue weighted by atomic mass is 16.4. The summed E-state index contributed by atoms with van der Waals surface area (Å²) in [6.45, 7) is 9.07.